The number of rotatable bonds is 1. The maximum Gasteiger partial charge on any atom is 0.287 e. The lowest BCUT2D eigenvalue weighted by atomic mass is 10.4. The third-order valence-electron chi connectivity index (χ3n) is 1.25. The standard InChI is InChI=1S/C5H6ClN5O2/c6-2-1-11(13)4(7)3(9-2)5(12)10-8/h1,7,13H,8H2,(H,10,12). The molecule has 0 aliphatic carbocycles. The summed E-state index contributed by atoms with van der Waals surface area (Å²) in [6, 6.07) is 0. The number of nitrogens with zero attached hydrogens (tertiary/aromatic N) is 2. The van der Waals surface area contributed by atoms with Crippen molar-refractivity contribution in [1.82, 2.24) is 15.1 Å². The first-order valence-electron chi connectivity index (χ1n) is 3.10. The first kappa shape index (κ1) is 9.49. The van der Waals surface area contributed by atoms with E-state index in [0.29, 0.717) is 4.73 Å². The molecule has 0 aliphatic rings. The van der Waals surface area contributed by atoms with Gasteiger partial charge in [0, 0.05) is 0 Å². The second-order valence-electron chi connectivity index (χ2n) is 2.08. The van der Waals surface area contributed by atoms with E-state index in [1.165, 1.54) is 0 Å². The summed E-state index contributed by atoms with van der Waals surface area (Å²) in [4.78, 5) is 14.4. The van der Waals surface area contributed by atoms with Crippen LogP contribution in [0, 0.1) is 5.41 Å². The monoisotopic (exact) mass is 203 g/mol. The van der Waals surface area contributed by atoms with Gasteiger partial charge in [0.05, 0.1) is 6.20 Å². The van der Waals surface area contributed by atoms with E-state index in [-0.39, 0.29) is 10.8 Å². The van der Waals surface area contributed by atoms with Crippen molar-refractivity contribution in [3.63, 3.8) is 0 Å². The molecule has 0 aliphatic heterocycles. The van der Waals surface area contributed by atoms with Gasteiger partial charge in [-0.15, -0.1) is 0 Å². The highest BCUT2D eigenvalue weighted by Crippen LogP contribution is 2.00. The minimum Gasteiger partial charge on any atom is -0.427 e. The molecule has 5 N–H and O–H groups in total. The van der Waals surface area contributed by atoms with E-state index in [9.17, 15) is 4.79 Å². The lowest BCUT2D eigenvalue weighted by Gasteiger charge is -2.02. The second-order valence-corrected chi connectivity index (χ2v) is 2.47. The number of carbonyl (C=O) groups excluding carboxylic acids is 1. The Balaban J connectivity index is 3.37. The summed E-state index contributed by atoms with van der Waals surface area (Å²) in [5, 5.41) is 16.1. The summed E-state index contributed by atoms with van der Waals surface area (Å²) in [5.74, 6) is 4.02. The molecule has 0 atom stereocenters. The average molecular weight is 204 g/mol. The van der Waals surface area contributed by atoms with Crippen molar-refractivity contribution >= 4 is 17.5 Å². The van der Waals surface area contributed by atoms with E-state index in [2.05, 4.69) is 4.98 Å². The van der Waals surface area contributed by atoms with Crippen LogP contribution < -0.4 is 16.8 Å². The van der Waals surface area contributed by atoms with Crippen molar-refractivity contribution in [2.24, 2.45) is 5.84 Å². The molecule has 0 fully saturated rings. The van der Waals surface area contributed by atoms with Crippen molar-refractivity contribution in [1.29, 1.82) is 5.41 Å². The fourth-order valence-corrected chi connectivity index (χ4v) is 0.866. The Labute approximate surface area is 77.2 Å². The largest absolute Gasteiger partial charge is 0.427 e. The highest BCUT2D eigenvalue weighted by Gasteiger charge is 2.11. The summed E-state index contributed by atoms with van der Waals surface area (Å²) in [6.07, 6.45) is 0.983. The van der Waals surface area contributed by atoms with Crippen molar-refractivity contribution in [2.45, 2.75) is 0 Å². The van der Waals surface area contributed by atoms with Crippen LogP contribution in [0.1, 0.15) is 10.5 Å². The van der Waals surface area contributed by atoms with Crippen LogP contribution in [0.2, 0.25) is 5.15 Å². The first-order chi connectivity index (χ1) is 6.06. The molecule has 1 heterocycles. The zero-order valence-electron chi connectivity index (χ0n) is 6.28. The van der Waals surface area contributed by atoms with Crippen molar-refractivity contribution in [3.8, 4) is 0 Å². The van der Waals surface area contributed by atoms with Crippen LogP contribution in [0.15, 0.2) is 6.20 Å². The Hall–Kier alpha value is -1.60. The van der Waals surface area contributed by atoms with Gasteiger partial charge >= 0.3 is 0 Å². The van der Waals surface area contributed by atoms with Crippen LogP contribution >= 0.6 is 11.6 Å². The topological polar surface area (TPSA) is 117 Å². The third kappa shape index (κ3) is 1.76. The lowest BCUT2D eigenvalue weighted by Crippen LogP contribution is -2.37. The van der Waals surface area contributed by atoms with E-state index in [1.54, 1.807) is 5.43 Å². The zero-order valence-corrected chi connectivity index (χ0v) is 7.04. The third-order valence-corrected chi connectivity index (χ3v) is 1.43. The smallest absolute Gasteiger partial charge is 0.287 e. The molecule has 1 amide bonds. The summed E-state index contributed by atoms with van der Waals surface area (Å²) in [6.45, 7) is 0. The van der Waals surface area contributed by atoms with Gasteiger partial charge in [-0.25, -0.2) is 10.8 Å². The fourth-order valence-electron chi connectivity index (χ4n) is 0.689. The zero-order chi connectivity index (χ0) is 10.0. The normalized spacial score (nSPS) is 9.69. The Kier molecular flexibility index (Phi) is 2.49. The fraction of sp³-hybridized carbons (Fsp3) is 0. The van der Waals surface area contributed by atoms with Gasteiger partial charge < -0.3 is 5.21 Å². The molecule has 1 aromatic rings. The predicted octanol–water partition coefficient (Wildman–Crippen LogP) is -1.14. The van der Waals surface area contributed by atoms with E-state index in [4.69, 9.17) is 28.1 Å². The number of nitrogen functional groups attached to an aromatic ring is 1. The van der Waals surface area contributed by atoms with Crippen LogP contribution in [0.4, 0.5) is 0 Å². The molecular formula is C5H6ClN5O2. The molecule has 0 spiro atoms. The van der Waals surface area contributed by atoms with Gasteiger partial charge in [-0.3, -0.25) is 15.6 Å². The van der Waals surface area contributed by atoms with Crippen LogP contribution in [0.3, 0.4) is 0 Å². The minimum atomic E-state index is -0.796. The number of amides is 1. The SMILES string of the molecule is N=c1c(C(=O)NN)nc(Cl)cn1O. The van der Waals surface area contributed by atoms with Gasteiger partial charge in [-0.2, -0.15) is 4.73 Å². The molecule has 0 aromatic carbocycles. The molecule has 1 aromatic heterocycles. The minimum absolute atomic E-state index is 0.114. The molecule has 0 radical (unpaired) electrons. The highest BCUT2D eigenvalue weighted by molar-refractivity contribution is 6.29. The molecule has 0 bridgehead atoms. The van der Waals surface area contributed by atoms with E-state index in [0.717, 1.165) is 6.20 Å². The van der Waals surface area contributed by atoms with Crippen LogP contribution in [0.5, 0.6) is 0 Å². The maximum atomic E-state index is 10.9. The molecule has 0 saturated carbocycles. The molecule has 7 nitrogen and oxygen atoms in total. The molecule has 8 heteroatoms. The number of hydrogen-bond donors (Lipinski definition) is 4. The van der Waals surface area contributed by atoms with Crippen molar-refractivity contribution < 1.29 is 10.0 Å². The Morgan fingerprint density at radius 2 is 2.46 bits per heavy atom. The molecular weight excluding hydrogens is 198 g/mol. The highest BCUT2D eigenvalue weighted by atomic mass is 35.5. The second kappa shape index (κ2) is 3.42. The molecule has 13 heavy (non-hydrogen) atoms. The van der Waals surface area contributed by atoms with Crippen LogP contribution in [-0.2, 0) is 0 Å². The van der Waals surface area contributed by atoms with Crippen LogP contribution in [0.25, 0.3) is 0 Å². The van der Waals surface area contributed by atoms with Crippen molar-refractivity contribution in [2.75, 3.05) is 0 Å². The number of hydrazine groups is 1. The Morgan fingerprint density at radius 1 is 1.85 bits per heavy atom. The number of nitrogens with two attached hydrogens (primary N) is 1. The van der Waals surface area contributed by atoms with E-state index < -0.39 is 11.4 Å². The Bertz CT molecular complexity index is 400. The first-order valence-corrected chi connectivity index (χ1v) is 3.48. The number of carbonyl (C=O) groups is 1. The van der Waals surface area contributed by atoms with Crippen molar-refractivity contribution in [3.05, 3.63) is 22.5 Å². The quantitative estimate of drug-likeness (QED) is 0.200. The predicted molar refractivity (Wildman–Crippen MR) is 41.9 cm³/mol. The summed E-state index contributed by atoms with van der Waals surface area (Å²) in [5.41, 5.74) is 0.929. The van der Waals surface area contributed by atoms with Gasteiger partial charge in [-0.1, -0.05) is 11.6 Å². The number of hydrogen-bond acceptors (Lipinski definition) is 5. The lowest BCUT2D eigenvalue weighted by molar-refractivity contribution is 0.0936. The Morgan fingerprint density at radius 3 is 3.00 bits per heavy atom. The van der Waals surface area contributed by atoms with Gasteiger partial charge in [0.15, 0.2) is 11.2 Å². The average Bonchev–Trinajstić information content (AvgIpc) is 2.10. The maximum absolute atomic E-state index is 10.9. The number of halogens is 1. The molecule has 1 rings (SSSR count). The summed E-state index contributed by atoms with van der Waals surface area (Å²) < 4.78 is 0.375. The van der Waals surface area contributed by atoms with E-state index in [1.807, 2.05) is 0 Å². The molecule has 0 saturated heterocycles. The van der Waals surface area contributed by atoms with Gasteiger partial charge in [0.2, 0.25) is 0 Å². The van der Waals surface area contributed by atoms with Gasteiger partial charge in [0.1, 0.15) is 5.15 Å². The van der Waals surface area contributed by atoms with Gasteiger partial charge in [-0.05, 0) is 0 Å². The molecule has 70 valence electrons. The number of aromatic nitrogens is 2. The van der Waals surface area contributed by atoms with Gasteiger partial charge in [0.25, 0.3) is 5.91 Å². The van der Waals surface area contributed by atoms with Crippen LogP contribution in [-0.4, -0.2) is 20.8 Å². The number of nitrogens with one attached hydrogen (secondary N) is 2. The van der Waals surface area contributed by atoms with E-state index >= 15 is 0 Å². The summed E-state index contributed by atoms with van der Waals surface area (Å²) >= 11 is 5.43. The molecule has 0 unspecified atom stereocenters. The summed E-state index contributed by atoms with van der Waals surface area (Å²) in [7, 11) is 0.